The van der Waals surface area contributed by atoms with Crippen molar-refractivity contribution in [1.29, 1.82) is 0 Å². The Kier molecular flexibility index (Phi) is 4.92. The van der Waals surface area contributed by atoms with E-state index >= 15 is 0 Å². The number of para-hydroxylation sites is 1. The number of benzene rings is 1. The molecule has 2 N–H and O–H groups in total. The van der Waals surface area contributed by atoms with E-state index in [0.717, 1.165) is 25.0 Å². The third-order valence-corrected chi connectivity index (χ3v) is 4.04. The second kappa shape index (κ2) is 7.28. The molecule has 1 heterocycles. The number of carbonyl (C=O) groups is 1. The zero-order valence-corrected chi connectivity index (χ0v) is 12.8. The first-order valence-corrected chi connectivity index (χ1v) is 7.89. The Morgan fingerprint density at radius 2 is 2.13 bits per heavy atom. The largest absolute Gasteiger partial charge is 0.488 e. The molecule has 0 saturated heterocycles. The van der Waals surface area contributed by atoms with Crippen LogP contribution in [-0.2, 0) is 11.3 Å². The lowest BCUT2D eigenvalue weighted by atomic mass is 9.89. The van der Waals surface area contributed by atoms with Crippen LogP contribution in [0.5, 0.6) is 5.75 Å². The molecule has 6 heteroatoms. The number of hydrogen-bond donors (Lipinski definition) is 2. The van der Waals surface area contributed by atoms with Gasteiger partial charge in [0.25, 0.3) is 0 Å². The lowest BCUT2D eigenvalue weighted by Gasteiger charge is -2.35. The molecule has 3 rings (SSSR count). The van der Waals surface area contributed by atoms with Crippen LogP contribution in [0.15, 0.2) is 48.8 Å². The number of amides is 1. The first kappa shape index (κ1) is 15.6. The van der Waals surface area contributed by atoms with E-state index in [1.165, 1.54) is 0 Å². The van der Waals surface area contributed by atoms with Crippen molar-refractivity contribution in [1.82, 2.24) is 15.1 Å². The van der Waals surface area contributed by atoms with Crippen LogP contribution in [0, 0.1) is 0 Å². The highest BCUT2D eigenvalue weighted by Gasteiger charge is 2.34. The third kappa shape index (κ3) is 4.10. The second-order valence-electron chi connectivity index (χ2n) is 5.77. The van der Waals surface area contributed by atoms with Crippen LogP contribution in [0.1, 0.15) is 19.3 Å². The van der Waals surface area contributed by atoms with Gasteiger partial charge < -0.3 is 15.2 Å². The molecule has 1 aliphatic rings. The molecule has 23 heavy (non-hydrogen) atoms. The number of nitrogens with one attached hydrogen (secondary N) is 1. The van der Waals surface area contributed by atoms with Crippen LogP contribution in [0.4, 0.5) is 0 Å². The Morgan fingerprint density at radius 1 is 1.30 bits per heavy atom. The van der Waals surface area contributed by atoms with Gasteiger partial charge in [0.05, 0.1) is 6.04 Å². The van der Waals surface area contributed by atoms with Gasteiger partial charge in [-0.25, -0.2) is 0 Å². The number of carbonyl (C=O) groups excluding carboxylic acids is 1. The van der Waals surface area contributed by atoms with Gasteiger partial charge >= 0.3 is 0 Å². The summed E-state index contributed by atoms with van der Waals surface area (Å²) in [6.45, 7) is 0.153. The predicted molar refractivity (Wildman–Crippen MR) is 84.9 cm³/mol. The molecule has 122 valence electrons. The SMILES string of the molecule is O=C(Cn1cccn1)N[C@@H]1CCC[C@@H](Oc2ccccc2)[C@@H]1O. The van der Waals surface area contributed by atoms with Crippen molar-refractivity contribution in [3.05, 3.63) is 48.8 Å². The molecule has 0 radical (unpaired) electrons. The van der Waals surface area contributed by atoms with Crippen LogP contribution in [0.2, 0.25) is 0 Å². The average Bonchev–Trinajstić information content (AvgIpc) is 3.05. The Hall–Kier alpha value is -2.34. The molecule has 1 aromatic heterocycles. The molecule has 0 spiro atoms. The van der Waals surface area contributed by atoms with Crippen LogP contribution >= 0.6 is 0 Å². The predicted octanol–water partition coefficient (Wildman–Crippen LogP) is 1.36. The molecule has 1 fully saturated rings. The van der Waals surface area contributed by atoms with E-state index in [2.05, 4.69) is 10.4 Å². The van der Waals surface area contributed by atoms with E-state index in [-0.39, 0.29) is 24.6 Å². The molecule has 0 aliphatic heterocycles. The minimum Gasteiger partial charge on any atom is -0.488 e. The first-order valence-electron chi connectivity index (χ1n) is 7.89. The molecule has 1 saturated carbocycles. The fourth-order valence-corrected chi connectivity index (χ4v) is 2.89. The fourth-order valence-electron chi connectivity index (χ4n) is 2.89. The summed E-state index contributed by atoms with van der Waals surface area (Å²) < 4.78 is 7.42. The number of aromatic nitrogens is 2. The lowest BCUT2D eigenvalue weighted by Crippen LogP contribution is -2.53. The maximum Gasteiger partial charge on any atom is 0.242 e. The number of aliphatic hydroxyl groups is 1. The molecule has 1 aliphatic carbocycles. The monoisotopic (exact) mass is 315 g/mol. The Labute approximate surface area is 135 Å². The molecular formula is C17H21N3O3. The van der Waals surface area contributed by atoms with Crippen molar-refractivity contribution in [2.45, 2.75) is 44.1 Å². The van der Waals surface area contributed by atoms with E-state index in [1.54, 1.807) is 23.1 Å². The molecule has 3 atom stereocenters. The summed E-state index contributed by atoms with van der Waals surface area (Å²) in [6, 6.07) is 10.9. The maximum absolute atomic E-state index is 12.1. The normalized spacial score (nSPS) is 24.1. The van der Waals surface area contributed by atoms with Crippen molar-refractivity contribution < 1.29 is 14.6 Å². The highest BCUT2D eigenvalue weighted by Crippen LogP contribution is 2.24. The zero-order valence-electron chi connectivity index (χ0n) is 12.8. The fraction of sp³-hybridized carbons (Fsp3) is 0.412. The van der Waals surface area contributed by atoms with Gasteiger partial charge in [-0.3, -0.25) is 9.48 Å². The van der Waals surface area contributed by atoms with Gasteiger partial charge in [-0.1, -0.05) is 18.2 Å². The Balaban J connectivity index is 1.56. The standard InChI is InChI=1S/C17H21N3O3/c21-16(12-20-11-5-10-18-20)19-14-8-4-9-15(17(14)22)23-13-6-2-1-3-7-13/h1-3,5-7,10-11,14-15,17,22H,4,8-9,12H2,(H,19,21)/t14-,15-,17-/m1/s1. The Morgan fingerprint density at radius 3 is 2.87 bits per heavy atom. The van der Waals surface area contributed by atoms with Gasteiger partial charge in [0.2, 0.25) is 5.91 Å². The average molecular weight is 315 g/mol. The molecule has 1 aromatic carbocycles. The highest BCUT2D eigenvalue weighted by molar-refractivity contribution is 5.76. The van der Waals surface area contributed by atoms with Gasteiger partial charge in [-0.15, -0.1) is 0 Å². The van der Waals surface area contributed by atoms with E-state index in [9.17, 15) is 9.90 Å². The number of hydrogen-bond acceptors (Lipinski definition) is 4. The highest BCUT2D eigenvalue weighted by atomic mass is 16.5. The summed E-state index contributed by atoms with van der Waals surface area (Å²) in [4.78, 5) is 12.1. The van der Waals surface area contributed by atoms with E-state index < -0.39 is 6.10 Å². The van der Waals surface area contributed by atoms with Crippen molar-refractivity contribution in [3.63, 3.8) is 0 Å². The van der Waals surface area contributed by atoms with Crippen LogP contribution in [-0.4, -0.2) is 39.0 Å². The minimum atomic E-state index is -0.717. The van der Waals surface area contributed by atoms with Crippen molar-refractivity contribution in [2.24, 2.45) is 0 Å². The van der Waals surface area contributed by atoms with Gasteiger partial charge in [0.15, 0.2) is 0 Å². The quantitative estimate of drug-likeness (QED) is 0.873. The van der Waals surface area contributed by atoms with Gasteiger partial charge in [0, 0.05) is 12.4 Å². The van der Waals surface area contributed by atoms with Crippen LogP contribution < -0.4 is 10.1 Å². The minimum absolute atomic E-state index is 0.153. The van der Waals surface area contributed by atoms with E-state index in [1.807, 2.05) is 30.3 Å². The van der Waals surface area contributed by atoms with Crippen LogP contribution in [0.25, 0.3) is 0 Å². The Bertz CT molecular complexity index is 615. The van der Waals surface area contributed by atoms with Gasteiger partial charge in [-0.05, 0) is 37.5 Å². The number of aliphatic hydroxyl groups excluding tert-OH is 1. The molecule has 6 nitrogen and oxygen atoms in total. The van der Waals surface area contributed by atoms with Crippen molar-refractivity contribution in [2.75, 3.05) is 0 Å². The number of rotatable bonds is 5. The molecule has 1 amide bonds. The summed E-state index contributed by atoms with van der Waals surface area (Å²) in [5.74, 6) is 0.582. The summed E-state index contributed by atoms with van der Waals surface area (Å²) >= 11 is 0. The molecular weight excluding hydrogens is 294 g/mol. The summed E-state index contributed by atoms with van der Waals surface area (Å²) in [6.07, 6.45) is 4.78. The third-order valence-electron chi connectivity index (χ3n) is 4.04. The van der Waals surface area contributed by atoms with Crippen molar-refractivity contribution >= 4 is 5.91 Å². The second-order valence-corrected chi connectivity index (χ2v) is 5.77. The van der Waals surface area contributed by atoms with E-state index in [4.69, 9.17) is 4.74 Å². The molecule has 2 aromatic rings. The smallest absolute Gasteiger partial charge is 0.242 e. The number of nitrogens with zero attached hydrogens (tertiary/aromatic N) is 2. The molecule has 0 unspecified atom stereocenters. The number of ether oxygens (including phenoxy) is 1. The summed E-state index contributed by atoms with van der Waals surface area (Å²) in [5.41, 5.74) is 0. The van der Waals surface area contributed by atoms with Gasteiger partial charge in [0.1, 0.15) is 24.5 Å². The van der Waals surface area contributed by atoms with Crippen molar-refractivity contribution in [3.8, 4) is 5.75 Å². The topological polar surface area (TPSA) is 76.4 Å². The maximum atomic E-state index is 12.1. The summed E-state index contributed by atoms with van der Waals surface area (Å²) in [7, 11) is 0. The van der Waals surface area contributed by atoms with Crippen LogP contribution in [0.3, 0.4) is 0 Å². The molecule has 0 bridgehead atoms. The summed E-state index contributed by atoms with van der Waals surface area (Å²) in [5, 5.41) is 17.4. The first-order chi connectivity index (χ1) is 11.2. The van der Waals surface area contributed by atoms with E-state index in [0.29, 0.717) is 0 Å². The lowest BCUT2D eigenvalue weighted by molar-refractivity contribution is -0.124. The van der Waals surface area contributed by atoms with Gasteiger partial charge in [-0.2, -0.15) is 5.10 Å². The zero-order chi connectivity index (χ0) is 16.1.